The van der Waals surface area contributed by atoms with E-state index in [0.717, 1.165) is 6.54 Å². The van der Waals surface area contributed by atoms with Crippen LogP contribution in [0.15, 0.2) is 24.3 Å². The van der Waals surface area contributed by atoms with Crippen LogP contribution in [0.1, 0.15) is 38.3 Å². The lowest BCUT2D eigenvalue weighted by atomic mass is 10.1. The Hall–Kier alpha value is -0.0900. The molecule has 1 aliphatic carbocycles. The summed E-state index contributed by atoms with van der Waals surface area (Å²) in [5.74, 6) is 0. The Morgan fingerprint density at radius 1 is 1.33 bits per heavy atom. The quantitative estimate of drug-likeness (QED) is 0.835. The Morgan fingerprint density at radius 3 is 2.47 bits per heavy atom. The summed E-state index contributed by atoms with van der Waals surface area (Å²) in [7, 11) is 0. The van der Waals surface area contributed by atoms with Gasteiger partial charge in [0.05, 0.1) is 0 Å². The Morgan fingerprint density at radius 2 is 1.93 bits per heavy atom. The molecule has 82 valence electrons. The minimum atomic E-state index is 0.472. The molecule has 0 radical (unpaired) electrons. The number of hydrogen-bond acceptors (Lipinski definition) is 1. The zero-order chi connectivity index (χ0) is 10.9. The number of nitrogens with one attached hydrogen (secondary N) is 1. The molecule has 1 aromatic rings. The van der Waals surface area contributed by atoms with Crippen molar-refractivity contribution < 1.29 is 0 Å². The molecule has 2 heteroatoms. The van der Waals surface area contributed by atoms with E-state index in [-0.39, 0.29) is 0 Å². The van der Waals surface area contributed by atoms with Gasteiger partial charge in [-0.2, -0.15) is 0 Å². The van der Waals surface area contributed by atoms with Crippen LogP contribution in [0.2, 0.25) is 0 Å². The Kier molecular flexibility index (Phi) is 3.36. The molecule has 0 amide bonds. The molecule has 15 heavy (non-hydrogen) atoms. The normalized spacial score (nSPS) is 19.9. The molecule has 1 atom stereocenters. The summed E-state index contributed by atoms with van der Waals surface area (Å²) < 4.78 is 1.30. The van der Waals surface area contributed by atoms with Gasteiger partial charge in [0.15, 0.2) is 0 Å². The molecule has 0 saturated heterocycles. The van der Waals surface area contributed by atoms with Crippen LogP contribution in [-0.2, 0) is 0 Å². The maximum Gasteiger partial charge on any atom is 0.0292 e. The van der Waals surface area contributed by atoms with Crippen LogP contribution in [0.4, 0.5) is 0 Å². The van der Waals surface area contributed by atoms with E-state index in [0.29, 0.717) is 11.5 Å². The first-order valence-corrected chi connectivity index (χ1v) is 6.66. The van der Waals surface area contributed by atoms with Gasteiger partial charge in [-0.3, -0.25) is 0 Å². The van der Waals surface area contributed by atoms with Gasteiger partial charge in [-0.1, -0.05) is 19.1 Å². The van der Waals surface area contributed by atoms with Crippen molar-refractivity contribution in [1.82, 2.24) is 5.32 Å². The first kappa shape index (κ1) is 11.4. The number of rotatable bonds is 4. The smallest absolute Gasteiger partial charge is 0.0292 e. The fourth-order valence-electron chi connectivity index (χ4n) is 1.66. The van der Waals surface area contributed by atoms with Gasteiger partial charge < -0.3 is 5.32 Å². The topological polar surface area (TPSA) is 12.0 Å². The van der Waals surface area contributed by atoms with Gasteiger partial charge in [-0.15, -0.1) is 0 Å². The van der Waals surface area contributed by atoms with E-state index in [1.807, 2.05) is 0 Å². The highest BCUT2D eigenvalue weighted by Crippen LogP contribution is 2.44. The van der Waals surface area contributed by atoms with Crippen molar-refractivity contribution in [3.05, 3.63) is 33.4 Å². The molecule has 0 spiro atoms. The van der Waals surface area contributed by atoms with Crippen LogP contribution in [0.25, 0.3) is 0 Å². The van der Waals surface area contributed by atoms with E-state index >= 15 is 0 Å². The van der Waals surface area contributed by atoms with Crippen molar-refractivity contribution in [2.75, 3.05) is 6.54 Å². The molecule has 0 aromatic heterocycles. The minimum Gasteiger partial charge on any atom is -0.310 e. The van der Waals surface area contributed by atoms with Crippen LogP contribution < -0.4 is 5.32 Å². The third kappa shape index (κ3) is 3.18. The van der Waals surface area contributed by atoms with Crippen molar-refractivity contribution in [3.63, 3.8) is 0 Å². The van der Waals surface area contributed by atoms with Crippen molar-refractivity contribution in [3.8, 4) is 0 Å². The van der Waals surface area contributed by atoms with Gasteiger partial charge >= 0.3 is 0 Å². The Labute approximate surface area is 106 Å². The van der Waals surface area contributed by atoms with E-state index in [1.165, 1.54) is 22.0 Å². The molecule has 0 bridgehead atoms. The third-order valence-electron chi connectivity index (χ3n) is 3.31. The van der Waals surface area contributed by atoms with Gasteiger partial charge in [0.2, 0.25) is 0 Å². The zero-order valence-corrected chi connectivity index (χ0v) is 11.5. The first-order valence-electron chi connectivity index (χ1n) is 5.58. The highest BCUT2D eigenvalue weighted by molar-refractivity contribution is 14.1. The maximum atomic E-state index is 3.62. The summed E-state index contributed by atoms with van der Waals surface area (Å²) in [6.45, 7) is 5.76. The molecule has 0 aliphatic heterocycles. The summed E-state index contributed by atoms with van der Waals surface area (Å²) in [5, 5.41) is 3.62. The van der Waals surface area contributed by atoms with Crippen LogP contribution in [0.3, 0.4) is 0 Å². The minimum absolute atomic E-state index is 0.472. The largest absolute Gasteiger partial charge is 0.310 e. The van der Waals surface area contributed by atoms with E-state index in [2.05, 4.69) is 66.0 Å². The fourth-order valence-corrected chi connectivity index (χ4v) is 2.02. The number of hydrogen-bond donors (Lipinski definition) is 1. The van der Waals surface area contributed by atoms with Crippen LogP contribution >= 0.6 is 22.6 Å². The van der Waals surface area contributed by atoms with Gasteiger partial charge in [-0.05, 0) is 65.5 Å². The first-order chi connectivity index (χ1) is 7.09. The fraction of sp³-hybridized carbons (Fsp3) is 0.538. The Balaban J connectivity index is 1.89. The second-order valence-electron chi connectivity index (χ2n) is 4.96. The van der Waals surface area contributed by atoms with Crippen molar-refractivity contribution in [2.45, 2.75) is 32.7 Å². The lowest BCUT2D eigenvalue weighted by Gasteiger charge is -2.17. The van der Waals surface area contributed by atoms with Gasteiger partial charge in [0.1, 0.15) is 0 Å². The van der Waals surface area contributed by atoms with E-state index in [1.54, 1.807) is 0 Å². The van der Waals surface area contributed by atoms with Crippen LogP contribution in [0.5, 0.6) is 0 Å². The number of benzene rings is 1. The summed E-state index contributed by atoms with van der Waals surface area (Å²) >= 11 is 2.34. The van der Waals surface area contributed by atoms with Crippen molar-refractivity contribution in [2.24, 2.45) is 5.41 Å². The van der Waals surface area contributed by atoms with Crippen LogP contribution in [-0.4, -0.2) is 6.54 Å². The van der Waals surface area contributed by atoms with E-state index in [9.17, 15) is 0 Å². The highest BCUT2D eigenvalue weighted by Gasteiger charge is 2.36. The monoisotopic (exact) mass is 315 g/mol. The average molecular weight is 315 g/mol. The molecule has 1 N–H and O–H groups in total. The lowest BCUT2D eigenvalue weighted by Crippen LogP contribution is -2.25. The van der Waals surface area contributed by atoms with Crippen molar-refractivity contribution in [1.29, 1.82) is 0 Å². The predicted molar refractivity (Wildman–Crippen MR) is 72.9 cm³/mol. The summed E-state index contributed by atoms with van der Waals surface area (Å²) in [6, 6.07) is 9.25. The molecule has 1 saturated carbocycles. The van der Waals surface area contributed by atoms with E-state index < -0.39 is 0 Å². The van der Waals surface area contributed by atoms with Gasteiger partial charge in [-0.25, -0.2) is 0 Å². The SMILES string of the molecule is CC(NCC1(C)CC1)c1ccc(I)cc1. The molecule has 1 unspecified atom stereocenters. The third-order valence-corrected chi connectivity index (χ3v) is 4.03. The molecular formula is C13H18IN. The molecular weight excluding hydrogens is 297 g/mol. The zero-order valence-electron chi connectivity index (χ0n) is 9.39. The molecule has 1 aromatic carbocycles. The maximum absolute atomic E-state index is 3.62. The second kappa shape index (κ2) is 4.42. The molecule has 2 rings (SSSR count). The highest BCUT2D eigenvalue weighted by atomic mass is 127. The molecule has 1 aliphatic rings. The lowest BCUT2D eigenvalue weighted by molar-refractivity contribution is 0.457. The summed E-state index contributed by atoms with van der Waals surface area (Å²) in [6.07, 6.45) is 2.78. The predicted octanol–water partition coefficient (Wildman–Crippen LogP) is 3.74. The van der Waals surface area contributed by atoms with Crippen molar-refractivity contribution >= 4 is 22.6 Å². The van der Waals surface area contributed by atoms with Gasteiger partial charge in [0.25, 0.3) is 0 Å². The van der Waals surface area contributed by atoms with Crippen LogP contribution in [0, 0.1) is 8.99 Å². The molecule has 1 nitrogen and oxygen atoms in total. The summed E-state index contributed by atoms with van der Waals surface area (Å²) in [4.78, 5) is 0. The second-order valence-corrected chi connectivity index (χ2v) is 6.21. The van der Waals surface area contributed by atoms with Gasteiger partial charge in [0, 0.05) is 16.2 Å². The molecule has 0 heterocycles. The molecule has 1 fully saturated rings. The number of halogens is 1. The summed E-state index contributed by atoms with van der Waals surface area (Å²) in [5.41, 5.74) is 1.98. The van der Waals surface area contributed by atoms with E-state index in [4.69, 9.17) is 0 Å². The standard InChI is InChI=1S/C13H18IN/c1-10(15-9-13(2)7-8-13)11-3-5-12(14)6-4-11/h3-6,10,15H,7-9H2,1-2H3. The average Bonchev–Trinajstić information content (AvgIpc) is 2.95. The Bertz CT molecular complexity index is 327.